The summed E-state index contributed by atoms with van der Waals surface area (Å²) in [7, 11) is 3.50. The van der Waals surface area contributed by atoms with E-state index in [1.54, 1.807) is 36.4 Å². The molecule has 200 valence electrons. The first-order chi connectivity index (χ1) is 17.7. The molecule has 8 nitrogen and oxygen atoms in total. The molecule has 37 heavy (non-hydrogen) atoms. The maximum Gasteiger partial charge on any atom is 0.305 e. The smallest absolute Gasteiger partial charge is 0.305 e. The number of carbonyl (C=O) groups is 2. The number of halogens is 1. The minimum Gasteiger partial charge on any atom is -0.493 e. The van der Waals surface area contributed by atoms with Gasteiger partial charge in [0.15, 0.2) is 11.5 Å². The molecule has 1 N–H and O–H groups in total. The van der Waals surface area contributed by atoms with Gasteiger partial charge in [0.1, 0.15) is 6.61 Å². The normalized spacial score (nSPS) is 14.4. The van der Waals surface area contributed by atoms with Crippen molar-refractivity contribution in [3.8, 4) is 11.5 Å². The average Bonchev–Trinajstić information content (AvgIpc) is 2.85. The Balaban J connectivity index is 1.75. The molecule has 0 saturated carbocycles. The molecule has 0 fully saturated rings. The molecule has 1 unspecified atom stereocenters. The second kappa shape index (κ2) is 13.4. The molecule has 1 aliphatic rings. The molecule has 0 aromatic heterocycles. The Morgan fingerprint density at radius 3 is 2.54 bits per heavy atom. The van der Waals surface area contributed by atoms with Gasteiger partial charge in [0.2, 0.25) is 5.91 Å². The molecule has 1 amide bonds. The Morgan fingerprint density at radius 1 is 1.16 bits per heavy atom. The standard InChI is InChI=1S/C28H36ClN3O5/c1-20(2)17-32(24(16-28(34)35)22-6-8-23(29)9-7-22)18-21-5-10-25(26(15-21)36-4)37-14-13-31-19-30(3)12-11-27(31)33/h5-12,15,20,24H,13-14,16-19H2,1-4H3,(H,34,35). The van der Waals surface area contributed by atoms with Crippen molar-refractivity contribution >= 4 is 23.5 Å². The van der Waals surface area contributed by atoms with Crippen LogP contribution in [0.15, 0.2) is 54.7 Å². The number of methoxy groups -OCH3 is 1. The lowest BCUT2D eigenvalue weighted by atomic mass is 9.99. The van der Waals surface area contributed by atoms with Gasteiger partial charge in [-0.05, 0) is 41.3 Å². The van der Waals surface area contributed by atoms with Crippen LogP contribution >= 0.6 is 11.6 Å². The summed E-state index contributed by atoms with van der Waals surface area (Å²) in [5.74, 6) is 0.620. The van der Waals surface area contributed by atoms with E-state index in [0.717, 1.165) is 11.1 Å². The average molecular weight is 530 g/mol. The Morgan fingerprint density at radius 2 is 1.89 bits per heavy atom. The van der Waals surface area contributed by atoms with E-state index in [4.69, 9.17) is 21.1 Å². The Kier molecular flexibility index (Phi) is 10.2. The lowest BCUT2D eigenvalue weighted by Crippen LogP contribution is -2.42. The summed E-state index contributed by atoms with van der Waals surface area (Å²) in [6.07, 6.45) is 3.29. The fourth-order valence-electron chi connectivity index (χ4n) is 4.37. The summed E-state index contributed by atoms with van der Waals surface area (Å²) in [5.41, 5.74) is 1.89. The number of carbonyl (C=O) groups excluding carboxylic acids is 1. The zero-order chi connectivity index (χ0) is 26.9. The van der Waals surface area contributed by atoms with Crippen molar-refractivity contribution in [3.63, 3.8) is 0 Å². The van der Waals surface area contributed by atoms with Crippen LogP contribution in [0.5, 0.6) is 11.5 Å². The highest BCUT2D eigenvalue weighted by Crippen LogP contribution is 2.32. The molecule has 2 aromatic carbocycles. The monoisotopic (exact) mass is 529 g/mol. The van der Waals surface area contributed by atoms with Crippen molar-refractivity contribution in [3.05, 3.63) is 70.9 Å². The minimum atomic E-state index is -0.857. The molecule has 3 rings (SSSR count). The van der Waals surface area contributed by atoms with E-state index >= 15 is 0 Å². The fraction of sp³-hybridized carbons (Fsp3) is 0.429. The number of hydrogen-bond acceptors (Lipinski definition) is 6. The van der Waals surface area contributed by atoms with Crippen molar-refractivity contribution in [2.75, 3.05) is 40.5 Å². The van der Waals surface area contributed by atoms with Gasteiger partial charge in [-0.25, -0.2) is 0 Å². The van der Waals surface area contributed by atoms with Crippen molar-refractivity contribution in [1.82, 2.24) is 14.7 Å². The molecule has 0 spiro atoms. The fourth-order valence-corrected chi connectivity index (χ4v) is 4.50. The molecule has 9 heteroatoms. The third-order valence-electron chi connectivity index (χ3n) is 6.07. The van der Waals surface area contributed by atoms with Crippen LogP contribution in [0.25, 0.3) is 0 Å². The quantitative estimate of drug-likeness (QED) is 0.404. The van der Waals surface area contributed by atoms with Crippen LogP contribution in [0.3, 0.4) is 0 Å². The minimum absolute atomic E-state index is 0.0215. The van der Waals surface area contributed by atoms with E-state index in [1.165, 1.54) is 0 Å². The molecule has 1 heterocycles. The van der Waals surface area contributed by atoms with Gasteiger partial charge in [-0.1, -0.05) is 43.6 Å². The molecule has 1 aliphatic heterocycles. The maximum absolute atomic E-state index is 12.1. The number of carboxylic acid groups (broad SMARTS) is 1. The number of rotatable bonds is 13. The van der Waals surface area contributed by atoms with Crippen LogP contribution in [0.4, 0.5) is 0 Å². The van der Waals surface area contributed by atoms with Gasteiger partial charge in [0.05, 0.1) is 26.7 Å². The van der Waals surface area contributed by atoms with Gasteiger partial charge in [0, 0.05) is 43.5 Å². The molecule has 2 aromatic rings. The van der Waals surface area contributed by atoms with Crippen molar-refractivity contribution in [2.24, 2.45) is 5.92 Å². The summed E-state index contributed by atoms with van der Waals surface area (Å²) in [4.78, 5) is 29.7. The second-order valence-electron chi connectivity index (χ2n) is 9.64. The van der Waals surface area contributed by atoms with Crippen LogP contribution in [0.1, 0.15) is 37.4 Å². The molecule has 1 atom stereocenters. The maximum atomic E-state index is 12.1. The van der Waals surface area contributed by atoms with Crippen LogP contribution in [0.2, 0.25) is 5.02 Å². The first-order valence-electron chi connectivity index (χ1n) is 12.3. The molecule has 0 radical (unpaired) electrons. The van der Waals surface area contributed by atoms with Crippen molar-refractivity contribution in [2.45, 2.75) is 32.9 Å². The van der Waals surface area contributed by atoms with E-state index in [-0.39, 0.29) is 18.4 Å². The Labute approximate surface area is 224 Å². The number of ether oxygens (including phenoxy) is 2. The van der Waals surface area contributed by atoms with Gasteiger partial charge in [-0.15, -0.1) is 0 Å². The summed E-state index contributed by atoms with van der Waals surface area (Å²) >= 11 is 6.08. The first-order valence-corrected chi connectivity index (χ1v) is 12.7. The predicted octanol–water partition coefficient (Wildman–Crippen LogP) is 4.65. The number of benzene rings is 2. The lowest BCUT2D eigenvalue weighted by molar-refractivity contribution is -0.138. The van der Waals surface area contributed by atoms with Crippen LogP contribution in [-0.4, -0.2) is 72.2 Å². The lowest BCUT2D eigenvalue weighted by Gasteiger charge is -2.33. The highest BCUT2D eigenvalue weighted by Gasteiger charge is 2.25. The van der Waals surface area contributed by atoms with E-state index in [1.807, 2.05) is 42.3 Å². The summed E-state index contributed by atoms with van der Waals surface area (Å²) in [6.45, 7) is 6.80. The van der Waals surface area contributed by atoms with E-state index in [0.29, 0.717) is 55.3 Å². The van der Waals surface area contributed by atoms with Gasteiger partial charge >= 0.3 is 5.97 Å². The topological polar surface area (TPSA) is 82.6 Å². The number of aliphatic carboxylic acids is 1. The molecular weight excluding hydrogens is 494 g/mol. The van der Waals surface area contributed by atoms with Crippen molar-refractivity contribution < 1.29 is 24.2 Å². The molecule has 0 saturated heterocycles. The zero-order valence-electron chi connectivity index (χ0n) is 21.9. The summed E-state index contributed by atoms with van der Waals surface area (Å²) in [6, 6.07) is 12.8. The van der Waals surface area contributed by atoms with Gasteiger partial charge < -0.3 is 24.4 Å². The van der Waals surface area contributed by atoms with Crippen LogP contribution < -0.4 is 9.47 Å². The number of amides is 1. The molecular formula is C28H36ClN3O5. The second-order valence-corrected chi connectivity index (χ2v) is 10.1. The van der Waals surface area contributed by atoms with Gasteiger partial charge in [0.25, 0.3) is 0 Å². The highest BCUT2D eigenvalue weighted by molar-refractivity contribution is 6.30. The third kappa shape index (κ3) is 8.40. The molecule has 0 bridgehead atoms. The van der Waals surface area contributed by atoms with Gasteiger partial charge in [-0.2, -0.15) is 0 Å². The van der Waals surface area contributed by atoms with Crippen LogP contribution in [0, 0.1) is 5.92 Å². The third-order valence-corrected chi connectivity index (χ3v) is 6.32. The first kappa shape index (κ1) is 28.3. The Hall–Kier alpha value is -3.23. The zero-order valence-corrected chi connectivity index (χ0v) is 22.6. The summed E-state index contributed by atoms with van der Waals surface area (Å²) < 4.78 is 11.6. The predicted molar refractivity (Wildman–Crippen MR) is 144 cm³/mol. The highest BCUT2D eigenvalue weighted by atomic mass is 35.5. The number of carboxylic acids is 1. The number of nitrogens with zero attached hydrogens (tertiary/aromatic N) is 3. The molecule has 0 aliphatic carbocycles. The summed E-state index contributed by atoms with van der Waals surface area (Å²) in [5, 5.41) is 10.3. The largest absolute Gasteiger partial charge is 0.493 e. The van der Waals surface area contributed by atoms with Crippen LogP contribution in [-0.2, 0) is 16.1 Å². The van der Waals surface area contributed by atoms with Crippen molar-refractivity contribution in [1.29, 1.82) is 0 Å². The SMILES string of the molecule is COc1cc(CN(CC(C)C)C(CC(=O)O)c2ccc(Cl)cc2)ccc1OCCN1CN(C)C=CC1=O. The van der Waals surface area contributed by atoms with E-state index in [9.17, 15) is 14.7 Å². The van der Waals surface area contributed by atoms with Gasteiger partial charge in [-0.3, -0.25) is 14.5 Å². The van der Waals surface area contributed by atoms with E-state index in [2.05, 4.69) is 18.7 Å². The van der Waals surface area contributed by atoms with E-state index < -0.39 is 5.97 Å². The Bertz CT molecular complexity index is 1090. The number of hydrogen-bond donors (Lipinski definition) is 1.